The number of aromatic hydroxyl groups is 1. The molecule has 0 aliphatic rings. The molecule has 0 bridgehead atoms. The number of β-amino-alcohol motifs (C(OH)–C–C–N with tert-alkyl or cyclic N) is 1. The van der Waals surface area contributed by atoms with Gasteiger partial charge >= 0.3 is 0 Å². The first kappa shape index (κ1) is 13.1. The summed E-state index contributed by atoms with van der Waals surface area (Å²) in [5.41, 5.74) is 0.685. The van der Waals surface area contributed by atoms with Gasteiger partial charge in [0.2, 0.25) is 0 Å². The topological polar surface area (TPSA) is 43.7 Å². The fourth-order valence-corrected chi connectivity index (χ4v) is 1.91. The summed E-state index contributed by atoms with van der Waals surface area (Å²) >= 11 is 6.08. The van der Waals surface area contributed by atoms with Gasteiger partial charge in [-0.2, -0.15) is 0 Å². The quantitative estimate of drug-likeness (QED) is 0.858. The van der Waals surface area contributed by atoms with Crippen LogP contribution in [0.4, 0.5) is 5.69 Å². The van der Waals surface area contributed by atoms with Gasteiger partial charge in [0, 0.05) is 18.2 Å². The Bertz CT molecular complexity index is 361. The van der Waals surface area contributed by atoms with E-state index in [9.17, 15) is 5.11 Å². The lowest BCUT2D eigenvalue weighted by Crippen LogP contribution is -2.43. The van der Waals surface area contributed by atoms with Gasteiger partial charge in [-0.25, -0.2) is 0 Å². The summed E-state index contributed by atoms with van der Waals surface area (Å²) < 4.78 is 0. The van der Waals surface area contributed by atoms with Crippen molar-refractivity contribution < 1.29 is 10.2 Å². The van der Waals surface area contributed by atoms with Crippen molar-refractivity contribution in [1.82, 2.24) is 0 Å². The molecular formula is C12H18ClNO2. The predicted octanol–water partition coefficient (Wildman–Crippen LogP) is 2.64. The average molecular weight is 244 g/mol. The van der Waals surface area contributed by atoms with Crippen LogP contribution in [-0.2, 0) is 0 Å². The zero-order valence-corrected chi connectivity index (χ0v) is 10.6. The normalized spacial score (nSPS) is 11.6. The lowest BCUT2D eigenvalue weighted by atomic mass is 10.0. The molecule has 1 rings (SSSR count). The second-order valence-electron chi connectivity index (χ2n) is 4.68. The molecule has 4 heteroatoms. The van der Waals surface area contributed by atoms with E-state index in [4.69, 9.17) is 16.7 Å². The Morgan fingerprint density at radius 3 is 2.38 bits per heavy atom. The van der Waals surface area contributed by atoms with Crippen LogP contribution in [0.1, 0.15) is 20.8 Å². The number of benzene rings is 1. The predicted molar refractivity (Wildman–Crippen MR) is 67.3 cm³/mol. The summed E-state index contributed by atoms with van der Waals surface area (Å²) in [7, 11) is 0. The van der Waals surface area contributed by atoms with E-state index < -0.39 is 0 Å². The van der Waals surface area contributed by atoms with Gasteiger partial charge in [0.15, 0.2) is 0 Å². The number of anilines is 1. The van der Waals surface area contributed by atoms with Gasteiger partial charge in [-0.15, -0.1) is 0 Å². The molecule has 0 radical (unpaired) electrons. The molecule has 0 aromatic heterocycles. The first-order valence-corrected chi connectivity index (χ1v) is 5.61. The summed E-state index contributed by atoms with van der Waals surface area (Å²) in [5, 5.41) is 18.9. The van der Waals surface area contributed by atoms with Crippen molar-refractivity contribution in [2.75, 3.05) is 18.1 Å². The maximum Gasteiger partial charge on any atom is 0.117 e. The Kier molecular flexibility index (Phi) is 4.05. The maximum absolute atomic E-state index is 9.30. The fourth-order valence-electron chi connectivity index (χ4n) is 1.63. The zero-order valence-electron chi connectivity index (χ0n) is 9.87. The van der Waals surface area contributed by atoms with Crippen molar-refractivity contribution in [2.24, 2.45) is 0 Å². The van der Waals surface area contributed by atoms with Gasteiger partial charge in [-0.05, 0) is 32.9 Å². The SMILES string of the molecule is CC(C)(C)N(CCO)c1ccc(O)cc1Cl. The second kappa shape index (κ2) is 4.93. The van der Waals surface area contributed by atoms with E-state index in [1.807, 2.05) is 25.7 Å². The van der Waals surface area contributed by atoms with Gasteiger partial charge < -0.3 is 15.1 Å². The molecule has 1 aromatic carbocycles. The number of phenolic OH excluding ortho intramolecular Hbond substituents is 1. The van der Waals surface area contributed by atoms with Gasteiger partial charge in [0.05, 0.1) is 17.3 Å². The van der Waals surface area contributed by atoms with Crippen LogP contribution >= 0.6 is 11.6 Å². The summed E-state index contributed by atoms with van der Waals surface area (Å²) in [6.07, 6.45) is 0. The third kappa shape index (κ3) is 3.03. The molecule has 1 aromatic rings. The van der Waals surface area contributed by atoms with E-state index in [0.717, 1.165) is 5.69 Å². The summed E-state index contributed by atoms with van der Waals surface area (Å²) in [6.45, 7) is 6.71. The number of hydrogen-bond acceptors (Lipinski definition) is 3. The Morgan fingerprint density at radius 2 is 1.94 bits per heavy atom. The Balaban J connectivity index is 3.11. The standard InChI is InChI=1S/C12H18ClNO2/c1-12(2,3)14(6-7-15)11-5-4-9(16)8-10(11)13/h4-5,8,15-16H,6-7H2,1-3H3. The van der Waals surface area contributed by atoms with Crippen LogP contribution < -0.4 is 4.90 Å². The van der Waals surface area contributed by atoms with E-state index in [0.29, 0.717) is 11.6 Å². The minimum absolute atomic E-state index is 0.0640. The molecule has 90 valence electrons. The summed E-state index contributed by atoms with van der Waals surface area (Å²) in [4.78, 5) is 2.01. The van der Waals surface area contributed by atoms with Gasteiger partial charge in [0.1, 0.15) is 5.75 Å². The van der Waals surface area contributed by atoms with Gasteiger partial charge in [-0.3, -0.25) is 0 Å². The highest BCUT2D eigenvalue weighted by atomic mass is 35.5. The molecule has 16 heavy (non-hydrogen) atoms. The highest BCUT2D eigenvalue weighted by Gasteiger charge is 2.23. The Labute approximate surface area is 101 Å². The van der Waals surface area contributed by atoms with Crippen molar-refractivity contribution in [2.45, 2.75) is 26.3 Å². The van der Waals surface area contributed by atoms with Crippen LogP contribution in [0.15, 0.2) is 18.2 Å². The number of hydrogen-bond donors (Lipinski definition) is 2. The molecule has 0 aliphatic carbocycles. The Hall–Kier alpha value is -0.930. The highest BCUT2D eigenvalue weighted by Crippen LogP contribution is 2.33. The van der Waals surface area contributed by atoms with Gasteiger partial charge in [0.25, 0.3) is 0 Å². The fraction of sp³-hybridized carbons (Fsp3) is 0.500. The maximum atomic E-state index is 9.30. The van der Waals surface area contributed by atoms with E-state index in [-0.39, 0.29) is 17.9 Å². The van der Waals surface area contributed by atoms with Crippen molar-refractivity contribution in [3.05, 3.63) is 23.2 Å². The highest BCUT2D eigenvalue weighted by molar-refractivity contribution is 6.33. The van der Waals surface area contributed by atoms with Crippen LogP contribution in [0.2, 0.25) is 5.02 Å². The third-order valence-electron chi connectivity index (χ3n) is 2.36. The molecule has 0 spiro atoms. The van der Waals surface area contributed by atoms with Crippen molar-refractivity contribution in [3.63, 3.8) is 0 Å². The van der Waals surface area contributed by atoms with Crippen LogP contribution in [0, 0.1) is 0 Å². The second-order valence-corrected chi connectivity index (χ2v) is 5.09. The first-order chi connectivity index (χ1) is 7.36. The van der Waals surface area contributed by atoms with Gasteiger partial charge in [-0.1, -0.05) is 11.6 Å². The lowest BCUT2D eigenvalue weighted by molar-refractivity contribution is 0.290. The average Bonchev–Trinajstić information content (AvgIpc) is 2.13. The van der Waals surface area contributed by atoms with Crippen molar-refractivity contribution in [3.8, 4) is 5.75 Å². The first-order valence-electron chi connectivity index (χ1n) is 5.23. The van der Waals surface area contributed by atoms with Crippen molar-refractivity contribution >= 4 is 17.3 Å². The molecule has 0 fully saturated rings. The monoisotopic (exact) mass is 243 g/mol. The van der Waals surface area contributed by atoms with E-state index in [1.165, 1.54) is 6.07 Å². The van der Waals surface area contributed by atoms with Crippen LogP contribution in [0.25, 0.3) is 0 Å². The molecule has 0 amide bonds. The smallest absolute Gasteiger partial charge is 0.117 e. The van der Waals surface area contributed by atoms with E-state index in [2.05, 4.69) is 0 Å². The molecule has 0 heterocycles. The Morgan fingerprint density at radius 1 is 1.31 bits per heavy atom. The van der Waals surface area contributed by atoms with Crippen LogP contribution in [0.3, 0.4) is 0 Å². The zero-order chi connectivity index (χ0) is 12.3. The number of halogens is 1. The number of nitrogens with zero attached hydrogens (tertiary/aromatic N) is 1. The van der Waals surface area contributed by atoms with Crippen LogP contribution in [-0.4, -0.2) is 28.9 Å². The molecule has 2 N–H and O–H groups in total. The van der Waals surface area contributed by atoms with E-state index in [1.54, 1.807) is 12.1 Å². The molecule has 0 atom stereocenters. The third-order valence-corrected chi connectivity index (χ3v) is 2.66. The minimum atomic E-state index is -0.136. The van der Waals surface area contributed by atoms with Crippen LogP contribution in [0.5, 0.6) is 5.75 Å². The van der Waals surface area contributed by atoms with Crippen molar-refractivity contribution in [1.29, 1.82) is 0 Å². The minimum Gasteiger partial charge on any atom is -0.508 e. The molecule has 0 saturated carbocycles. The number of aliphatic hydroxyl groups is 1. The number of aliphatic hydroxyl groups excluding tert-OH is 1. The lowest BCUT2D eigenvalue weighted by Gasteiger charge is -2.37. The number of rotatable bonds is 3. The molecule has 3 nitrogen and oxygen atoms in total. The summed E-state index contributed by atoms with van der Waals surface area (Å²) in [5.74, 6) is 0.145. The molecule has 0 aliphatic heterocycles. The summed E-state index contributed by atoms with van der Waals surface area (Å²) in [6, 6.07) is 4.86. The molecule has 0 unspecified atom stereocenters. The molecule has 0 saturated heterocycles. The largest absolute Gasteiger partial charge is 0.508 e. The molecular weight excluding hydrogens is 226 g/mol. The number of phenols is 1. The van der Waals surface area contributed by atoms with E-state index >= 15 is 0 Å².